The topological polar surface area (TPSA) is 35.5 Å². The summed E-state index contributed by atoms with van der Waals surface area (Å²) in [6.07, 6.45) is 1.30. The first kappa shape index (κ1) is 10.7. The molecule has 0 aliphatic heterocycles. The van der Waals surface area contributed by atoms with Crippen LogP contribution in [0, 0.1) is 0 Å². The molecule has 0 fully saturated rings. The number of carbonyl (C=O) groups is 1. The molecule has 0 unspecified atom stereocenters. The van der Waals surface area contributed by atoms with Crippen LogP contribution in [0.4, 0.5) is 0 Å². The summed E-state index contributed by atoms with van der Waals surface area (Å²) >= 11 is 0. The minimum Gasteiger partial charge on any atom is -0.491 e. The van der Waals surface area contributed by atoms with E-state index in [1.165, 1.54) is 0 Å². The van der Waals surface area contributed by atoms with Gasteiger partial charge in [0.25, 0.3) is 0 Å². The zero-order valence-corrected chi connectivity index (χ0v) is 8.02. The fraction of sp³-hybridized carbons (Fsp3) is 0.364. The number of hydrogen-bond donors (Lipinski definition) is 0. The van der Waals surface area contributed by atoms with Crippen LogP contribution < -0.4 is 4.74 Å². The molecule has 14 heavy (non-hydrogen) atoms. The summed E-state index contributed by atoms with van der Waals surface area (Å²) in [6, 6.07) is 9.56. The third kappa shape index (κ3) is 4.62. The van der Waals surface area contributed by atoms with Gasteiger partial charge in [-0.2, -0.15) is 0 Å². The van der Waals surface area contributed by atoms with Gasteiger partial charge in [0.05, 0.1) is 13.2 Å². The van der Waals surface area contributed by atoms with E-state index in [9.17, 15) is 4.79 Å². The minimum absolute atomic E-state index is 0.450. The average Bonchev–Trinajstić information content (AvgIpc) is 2.25. The van der Waals surface area contributed by atoms with Crippen LogP contribution in [0.5, 0.6) is 5.75 Å². The Morgan fingerprint density at radius 2 is 1.86 bits per heavy atom. The minimum atomic E-state index is 0.450. The number of ether oxygens (including phenoxy) is 2. The molecule has 0 bridgehead atoms. The van der Waals surface area contributed by atoms with Gasteiger partial charge in [-0.1, -0.05) is 18.2 Å². The summed E-state index contributed by atoms with van der Waals surface area (Å²) in [5.41, 5.74) is 0. The molecule has 0 saturated carbocycles. The Bertz CT molecular complexity index is 246. The van der Waals surface area contributed by atoms with Gasteiger partial charge < -0.3 is 14.3 Å². The Balaban J connectivity index is 2.02. The van der Waals surface area contributed by atoms with Crippen LogP contribution in [0.2, 0.25) is 0 Å². The van der Waals surface area contributed by atoms with Crippen LogP contribution >= 0.6 is 0 Å². The standard InChI is InChI=1S/C11H14O3/c12-7-4-8-13-9-10-14-11-5-2-1-3-6-11/h1-3,5-7H,4,8-10H2. The molecule has 0 N–H and O–H groups in total. The van der Waals surface area contributed by atoms with E-state index in [-0.39, 0.29) is 0 Å². The van der Waals surface area contributed by atoms with Crippen molar-refractivity contribution in [1.82, 2.24) is 0 Å². The van der Waals surface area contributed by atoms with Gasteiger partial charge in [-0.3, -0.25) is 0 Å². The molecule has 76 valence electrons. The normalized spacial score (nSPS) is 9.71. The molecule has 3 nitrogen and oxygen atoms in total. The van der Waals surface area contributed by atoms with E-state index in [1.54, 1.807) is 0 Å². The second-order valence-electron chi connectivity index (χ2n) is 2.73. The van der Waals surface area contributed by atoms with Gasteiger partial charge >= 0.3 is 0 Å². The molecule has 1 aromatic rings. The van der Waals surface area contributed by atoms with E-state index in [4.69, 9.17) is 9.47 Å². The summed E-state index contributed by atoms with van der Waals surface area (Å²) in [5, 5.41) is 0. The third-order valence-corrected chi connectivity index (χ3v) is 1.62. The molecule has 0 heterocycles. The van der Waals surface area contributed by atoms with Crippen LogP contribution in [0.25, 0.3) is 0 Å². The highest BCUT2D eigenvalue weighted by atomic mass is 16.5. The lowest BCUT2D eigenvalue weighted by molar-refractivity contribution is -0.108. The van der Waals surface area contributed by atoms with Crippen LogP contribution in [-0.4, -0.2) is 26.1 Å². The molecular weight excluding hydrogens is 180 g/mol. The molecule has 0 spiro atoms. The van der Waals surface area contributed by atoms with Gasteiger partial charge in [0.1, 0.15) is 18.6 Å². The molecular formula is C11H14O3. The van der Waals surface area contributed by atoms with Crippen LogP contribution in [0.1, 0.15) is 6.42 Å². The van der Waals surface area contributed by atoms with Gasteiger partial charge in [0, 0.05) is 6.42 Å². The van der Waals surface area contributed by atoms with Gasteiger partial charge in [0.15, 0.2) is 0 Å². The lowest BCUT2D eigenvalue weighted by atomic mass is 10.3. The van der Waals surface area contributed by atoms with Crippen LogP contribution in [0.15, 0.2) is 30.3 Å². The van der Waals surface area contributed by atoms with Crippen molar-refractivity contribution < 1.29 is 14.3 Å². The molecule has 3 heteroatoms. The van der Waals surface area contributed by atoms with Crippen molar-refractivity contribution in [3.8, 4) is 5.75 Å². The predicted molar refractivity (Wildman–Crippen MR) is 53.4 cm³/mol. The molecule has 0 amide bonds. The first-order chi connectivity index (χ1) is 6.93. The van der Waals surface area contributed by atoms with Crippen molar-refractivity contribution in [2.75, 3.05) is 19.8 Å². The summed E-state index contributed by atoms with van der Waals surface area (Å²) < 4.78 is 10.5. The largest absolute Gasteiger partial charge is 0.491 e. The molecule has 0 saturated heterocycles. The lowest BCUT2D eigenvalue weighted by Crippen LogP contribution is -2.07. The molecule has 1 rings (SSSR count). The van der Waals surface area contributed by atoms with E-state index >= 15 is 0 Å². The number of para-hydroxylation sites is 1. The zero-order chi connectivity index (χ0) is 10.1. The highest BCUT2D eigenvalue weighted by Crippen LogP contribution is 2.07. The molecule has 0 radical (unpaired) electrons. The van der Waals surface area contributed by atoms with E-state index in [0.717, 1.165) is 12.0 Å². The average molecular weight is 194 g/mol. The monoisotopic (exact) mass is 194 g/mol. The SMILES string of the molecule is O=CCCOCCOc1ccccc1. The Hall–Kier alpha value is -1.35. The highest BCUT2D eigenvalue weighted by molar-refractivity contribution is 5.49. The summed E-state index contributed by atoms with van der Waals surface area (Å²) in [5.74, 6) is 0.839. The summed E-state index contributed by atoms with van der Waals surface area (Å²) in [6.45, 7) is 1.51. The molecule has 1 aromatic carbocycles. The quantitative estimate of drug-likeness (QED) is 0.489. The second-order valence-corrected chi connectivity index (χ2v) is 2.73. The Kier molecular flexibility index (Phi) is 5.43. The zero-order valence-electron chi connectivity index (χ0n) is 8.02. The van der Waals surface area contributed by atoms with E-state index in [0.29, 0.717) is 26.2 Å². The number of hydrogen-bond acceptors (Lipinski definition) is 3. The van der Waals surface area contributed by atoms with Crippen molar-refractivity contribution in [3.63, 3.8) is 0 Å². The first-order valence-corrected chi connectivity index (χ1v) is 4.62. The number of aldehydes is 1. The van der Waals surface area contributed by atoms with Crippen LogP contribution in [-0.2, 0) is 9.53 Å². The van der Waals surface area contributed by atoms with Gasteiger partial charge in [-0.25, -0.2) is 0 Å². The Morgan fingerprint density at radius 3 is 2.57 bits per heavy atom. The second kappa shape index (κ2) is 7.09. The van der Waals surface area contributed by atoms with Crippen molar-refractivity contribution in [1.29, 1.82) is 0 Å². The Labute approximate surface area is 83.6 Å². The highest BCUT2D eigenvalue weighted by Gasteiger charge is 1.91. The number of rotatable bonds is 7. The molecule has 0 aliphatic carbocycles. The maximum absolute atomic E-state index is 9.95. The van der Waals surface area contributed by atoms with Gasteiger partial charge in [-0.05, 0) is 12.1 Å². The smallest absolute Gasteiger partial charge is 0.122 e. The number of carbonyl (C=O) groups excluding carboxylic acids is 1. The molecule has 0 atom stereocenters. The van der Waals surface area contributed by atoms with E-state index in [2.05, 4.69) is 0 Å². The first-order valence-electron chi connectivity index (χ1n) is 4.62. The lowest BCUT2D eigenvalue weighted by Gasteiger charge is -2.05. The van der Waals surface area contributed by atoms with Crippen molar-refractivity contribution in [3.05, 3.63) is 30.3 Å². The van der Waals surface area contributed by atoms with Crippen molar-refractivity contribution in [2.45, 2.75) is 6.42 Å². The fourth-order valence-electron chi connectivity index (χ4n) is 0.969. The molecule has 0 aliphatic rings. The van der Waals surface area contributed by atoms with Gasteiger partial charge in [0.2, 0.25) is 0 Å². The Morgan fingerprint density at radius 1 is 1.07 bits per heavy atom. The van der Waals surface area contributed by atoms with Crippen molar-refractivity contribution >= 4 is 6.29 Å². The number of benzene rings is 1. The van der Waals surface area contributed by atoms with Gasteiger partial charge in [-0.15, -0.1) is 0 Å². The van der Waals surface area contributed by atoms with E-state index in [1.807, 2.05) is 30.3 Å². The van der Waals surface area contributed by atoms with Crippen LogP contribution in [0.3, 0.4) is 0 Å². The predicted octanol–water partition coefficient (Wildman–Crippen LogP) is 1.67. The fourth-order valence-corrected chi connectivity index (χ4v) is 0.969. The van der Waals surface area contributed by atoms with E-state index < -0.39 is 0 Å². The third-order valence-electron chi connectivity index (χ3n) is 1.62. The maximum atomic E-state index is 9.95. The molecule has 0 aromatic heterocycles. The summed E-state index contributed by atoms with van der Waals surface area (Å²) in [4.78, 5) is 9.95. The maximum Gasteiger partial charge on any atom is 0.122 e. The van der Waals surface area contributed by atoms with Crippen molar-refractivity contribution in [2.24, 2.45) is 0 Å². The summed E-state index contributed by atoms with van der Waals surface area (Å²) in [7, 11) is 0.